The third-order valence-corrected chi connectivity index (χ3v) is 4.61. The van der Waals surface area contributed by atoms with Gasteiger partial charge in [0.05, 0.1) is 26.0 Å². The van der Waals surface area contributed by atoms with Crippen LogP contribution < -0.4 is 4.90 Å². The van der Waals surface area contributed by atoms with Gasteiger partial charge in [-0.15, -0.1) is 0 Å². The van der Waals surface area contributed by atoms with Crippen LogP contribution in [0.15, 0.2) is 24.4 Å². The SMILES string of the molecule is COC(=O)c1[nH]cc(C2=CCC(Br)C=C2)c1N1CCOCC1. The van der Waals surface area contributed by atoms with Gasteiger partial charge >= 0.3 is 5.97 Å². The highest BCUT2D eigenvalue weighted by atomic mass is 79.9. The number of alkyl halides is 1. The molecule has 0 amide bonds. The van der Waals surface area contributed by atoms with E-state index in [1.165, 1.54) is 7.11 Å². The molecule has 5 nitrogen and oxygen atoms in total. The molecule has 1 aliphatic carbocycles. The number of esters is 1. The Bertz CT molecular complexity index is 615. The standard InChI is InChI=1S/C16H19BrN2O3/c1-21-16(20)14-15(19-6-8-22-9-7-19)13(10-18-14)11-2-4-12(17)5-3-11/h2-4,10,12,18H,5-9H2,1H3. The van der Waals surface area contributed by atoms with E-state index in [1.54, 1.807) is 0 Å². The van der Waals surface area contributed by atoms with Crippen LogP contribution in [0.4, 0.5) is 5.69 Å². The van der Waals surface area contributed by atoms with Crippen LogP contribution in [-0.2, 0) is 9.47 Å². The Morgan fingerprint density at radius 2 is 2.23 bits per heavy atom. The largest absolute Gasteiger partial charge is 0.464 e. The maximum Gasteiger partial charge on any atom is 0.356 e. The first-order chi connectivity index (χ1) is 10.7. The number of morpholine rings is 1. The molecule has 1 saturated heterocycles. The molecule has 1 aliphatic heterocycles. The topological polar surface area (TPSA) is 54.6 Å². The maximum atomic E-state index is 12.1. The second kappa shape index (κ2) is 6.71. The van der Waals surface area contributed by atoms with Crippen molar-refractivity contribution in [1.82, 2.24) is 4.98 Å². The predicted octanol–water partition coefficient (Wildman–Crippen LogP) is 2.74. The van der Waals surface area contributed by atoms with Gasteiger partial charge in [-0.3, -0.25) is 0 Å². The van der Waals surface area contributed by atoms with Crippen molar-refractivity contribution in [3.8, 4) is 0 Å². The lowest BCUT2D eigenvalue weighted by Crippen LogP contribution is -2.37. The van der Waals surface area contributed by atoms with Crippen molar-refractivity contribution < 1.29 is 14.3 Å². The molecule has 3 rings (SSSR count). The third-order valence-electron chi connectivity index (χ3n) is 3.93. The van der Waals surface area contributed by atoms with E-state index >= 15 is 0 Å². The minimum absolute atomic E-state index is 0.341. The normalized spacial score (nSPS) is 21.6. The summed E-state index contributed by atoms with van der Waals surface area (Å²) in [6.45, 7) is 2.88. The van der Waals surface area contributed by atoms with Crippen molar-refractivity contribution in [1.29, 1.82) is 0 Å². The van der Waals surface area contributed by atoms with Gasteiger partial charge in [0.2, 0.25) is 0 Å². The fourth-order valence-electron chi connectivity index (χ4n) is 2.80. The van der Waals surface area contributed by atoms with E-state index in [2.05, 4.69) is 44.0 Å². The van der Waals surface area contributed by atoms with Crippen LogP contribution in [-0.4, -0.2) is 49.2 Å². The quantitative estimate of drug-likeness (QED) is 0.660. The number of nitrogens with zero attached hydrogens (tertiary/aromatic N) is 1. The highest BCUT2D eigenvalue weighted by Crippen LogP contribution is 2.35. The van der Waals surface area contributed by atoms with E-state index in [0.29, 0.717) is 23.7 Å². The van der Waals surface area contributed by atoms with Crippen molar-refractivity contribution in [2.24, 2.45) is 0 Å². The number of hydrogen-bond acceptors (Lipinski definition) is 4. The molecule has 2 aliphatic rings. The van der Waals surface area contributed by atoms with E-state index in [4.69, 9.17) is 9.47 Å². The number of aromatic nitrogens is 1. The van der Waals surface area contributed by atoms with Gasteiger partial charge in [0.15, 0.2) is 0 Å². The molecule has 0 saturated carbocycles. The molecule has 1 fully saturated rings. The van der Waals surface area contributed by atoms with Crippen LogP contribution in [0, 0.1) is 0 Å². The number of ether oxygens (including phenoxy) is 2. The Kier molecular flexibility index (Phi) is 4.69. The first-order valence-corrected chi connectivity index (χ1v) is 8.27. The van der Waals surface area contributed by atoms with Gasteiger partial charge in [-0.1, -0.05) is 34.2 Å². The smallest absolute Gasteiger partial charge is 0.356 e. The Hall–Kier alpha value is -1.53. The van der Waals surface area contributed by atoms with Crippen LogP contribution in [0.3, 0.4) is 0 Å². The molecule has 1 aromatic heterocycles. The van der Waals surface area contributed by atoms with Crippen molar-refractivity contribution in [3.63, 3.8) is 0 Å². The van der Waals surface area contributed by atoms with Gasteiger partial charge in [0.25, 0.3) is 0 Å². The van der Waals surface area contributed by atoms with Gasteiger partial charge in [-0.2, -0.15) is 0 Å². The summed E-state index contributed by atoms with van der Waals surface area (Å²) in [6.07, 6.45) is 9.24. The van der Waals surface area contributed by atoms with Crippen LogP contribution in [0.2, 0.25) is 0 Å². The third kappa shape index (κ3) is 2.98. The van der Waals surface area contributed by atoms with E-state index in [0.717, 1.165) is 36.3 Å². The molecule has 6 heteroatoms. The van der Waals surface area contributed by atoms with Crippen LogP contribution >= 0.6 is 15.9 Å². The fraction of sp³-hybridized carbons (Fsp3) is 0.438. The number of allylic oxidation sites excluding steroid dienone is 4. The van der Waals surface area contributed by atoms with Gasteiger partial charge in [-0.05, 0) is 12.0 Å². The van der Waals surface area contributed by atoms with Crippen molar-refractivity contribution >= 4 is 33.2 Å². The Morgan fingerprint density at radius 3 is 2.86 bits per heavy atom. The van der Waals surface area contributed by atoms with E-state index in [9.17, 15) is 4.79 Å². The van der Waals surface area contributed by atoms with Crippen molar-refractivity contribution in [2.45, 2.75) is 11.2 Å². The number of nitrogens with one attached hydrogen (secondary N) is 1. The van der Waals surface area contributed by atoms with E-state index < -0.39 is 0 Å². The zero-order valence-corrected chi connectivity index (χ0v) is 14.1. The lowest BCUT2D eigenvalue weighted by atomic mass is 9.99. The lowest BCUT2D eigenvalue weighted by Gasteiger charge is -2.30. The summed E-state index contributed by atoms with van der Waals surface area (Å²) in [5, 5.41) is 0. The monoisotopic (exact) mass is 366 g/mol. The Balaban J connectivity index is 2.00. The summed E-state index contributed by atoms with van der Waals surface area (Å²) in [5.74, 6) is -0.341. The minimum Gasteiger partial charge on any atom is -0.464 e. The molecule has 0 radical (unpaired) electrons. The first kappa shape index (κ1) is 15.4. The molecule has 22 heavy (non-hydrogen) atoms. The summed E-state index contributed by atoms with van der Waals surface area (Å²) >= 11 is 3.58. The van der Waals surface area contributed by atoms with Crippen LogP contribution in [0.25, 0.3) is 5.57 Å². The highest BCUT2D eigenvalue weighted by Gasteiger charge is 2.26. The molecule has 0 aromatic carbocycles. The predicted molar refractivity (Wildman–Crippen MR) is 89.6 cm³/mol. The average molecular weight is 367 g/mol. The number of carbonyl (C=O) groups excluding carboxylic acids is 1. The minimum atomic E-state index is -0.341. The number of halogens is 1. The second-order valence-electron chi connectivity index (χ2n) is 5.29. The van der Waals surface area contributed by atoms with Crippen LogP contribution in [0.1, 0.15) is 22.5 Å². The summed E-state index contributed by atoms with van der Waals surface area (Å²) in [5.41, 5.74) is 3.59. The molecule has 118 valence electrons. The van der Waals surface area contributed by atoms with Gasteiger partial charge < -0.3 is 19.4 Å². The number of methoxy groups -OCH3 is 1. The maximum absolute atomic E-state index is 12.1. The van der Waals surface area contributed by atoms with Crippen molar-refractivity contribution in [2.75, 3.05) is 38.3 Å². The van der Waals surface area contributed by atoms with Gasteiger partial charge in [0.1, 0.15) is 5.69 Å². The number of hydrogen-bond donors (Lipinski definition) is 1. The molecule has 2 heterocycles. The number of carbonyl (C=O) groups is 1. The second-order valence-corrected chi connectivity index (χ2v) is 6.46. The zero-order valence-electron chi connectivity index (χ0n) is 12.5. The molecule has 0 bridgehead atoms. The molecular weight excluding hydrogens is 348 g/mol. The molecule has 0 spiro atoms. The fourth-order valence-corrected chi connectivity index (χ4v) is 3.14. The van der Waals surface area contributed by atoms with Crippen molar-refractivity contribution in [3.05, 3.63) is 35.7 Å². The summed E-state index contributed by atoms with van der Waals surface area (Å²) in [4.78, 5) is 17.7. The summed E-state index contributed by atoms with van der Waals surface area (Å²) in [6, 6.07) is 0. The van der Waals surface area contributed by atoms with Crippen LogP contribution in [0.5, 0.6) is 0 Å². The van der Waals surface area contributed by atoms with E-state index in [-0.39, 0.29) is 5.97 Å². The summed E-state index contributed by atoms with van der Waals surface area (Å²) < 4.78 is 10.3. The first-order valence-electron chi connectivity index (χ1n) is 7.36. The molecule has 1 aromatic rings. The number of anilines is 1. The zero-order chi connectivity index (χ0) is 15.5. The van der Waals surface area contributed by atoms with E-state index in [1.807, 2.05) is 6.20 Å². The Labute approximate surface area is 138 Å². The number of aromatic amines is 1. The van der Waals surface area contributed by atoms with Gasteiger partial charge in [-0.25, -0.2) is 4.79 Å². The Morgan fingerprint density at radius 1 is 1.45 bits per heavy atom. The number of H-pyrrole nitrogens is 1. The number of rotatable bonds is 3. The summed E-state index contributed by atoms with van der Waals surface area (Å²) in [7, 11) is 1.40. The average Bonchev–Trinajstić information content (AvgIpc) is 3.00. The highest BCUT2D eigenvalue weighted by molar-refractivity contribution is 9.09. The molecule has 1 N–H and O–H groups in total. The lowest BCUT2D eigenvalue weighted by molar-refractivity contribution is 0.0594. The van der Waals surface area contributed by atoms with Gasteiger partial charge in [0, 0.05) is 29.7 Å². The molecular formula is C16H19BrN2O3. The molecule has 1 atom stereocenters. The molecule has 1 unspecified atom stereocenters.